The number of aliphatic hydroxyl groups is 1. The highest BCUT2D eigenvalue weighted by atomic mass is 32.1. The van der Waals surface area contributed by atoms with Gasteiger partial charge in [0.05, 0.1) is 11.6 Å². The number of amides is 1. The molecule has 3 aromatic rings. The Morgan fingerprint density at radius 1 is 1.07 bits per heavy atom. The van der Waals surface area contributed by atoms with Gasteiger partial charge in [-0.1, -0.05) is 78.1 Å². The van der Waals surface area contributed by atoms with E-state index in [4.69, 9.17) is 0 Å². The van der Waals surface area contributed by atoms with E-state index in [0.29, 0.717) is 15.7 Å². The smallest absolute Gasteiger partial charge is 0.296 e. The lowest BCUT2D eigenvalue weighted by Crippen LogP contribution is -2.30. The number of aliphatic hydroxyl groups excluding tert-OH is 1. The molecule has 1 aliphatic rings. The third-order valence-electron chi connectivity index (χ3n) is 4.54. The first-order valence-corrected chi connectivity index (χ1v) is 9.77. The molecule has 2 heterocycles. The molecule has 0 saturated carbocycles. The Bertz CT molecular complexity index is 1120. The molecule has 1 N–H and O–H groups in total. The summed E-state index contributed by atoms with van der Waals surface area (Å²) < 4.78 is 0. The van der Waals surface area contributed by atoms with Gasteiger partial charge in [-0.3, -0.25) is 14.5 Å². The van der Waals surface area contributed by atoms with E-state index in [1.54, 1.807) is 13.0 Å². The fourth-order valence-corrected chi connectivity index (χ4v) is 3.93. The second-order valence-corrected chi connectivity index (χ2v) is 7.62. The first-order chi connectivity index (χ1) is 14.1. The average Bonchev–Trinajstić information content (AvgIpc) is 3.28. The van der Waals surface area contributed by atoms with Crippen molar-refractivity contribution in [2.24, 2.45) is 0 Å². The molecular weight excluding hydrogens is 386 g/mol. The molecule has 0 saturated heterocycles. The van der Waals surface area contributed by atoms with E-state index < -0.39 is 23.5 Å². The van der Waals surface area contributed by atoms with E-state index in [2.05, 4.69) is 10.2 Å². The van der Waals surface area contributed by atoms with Gasteiger partial charge in [-0.25, -0.2) is 0 Å². The quantitative estimate of drug-likeness (QED) is 0.651. The molecule has 144 valence electrons. The summed E-state index contributed by atoms with van der Waals surface area (Å²) in [7, 11) is 0. The first kappa shape index (κ1) is 18.8. The standard InChI is InChI=1S/C22H17N3O3S/c1-14-23-24-22(29-14)25-19(16-10-6-3-7-11-16)18(20(27)21(25)28)17(26)13-12-15-8-4-2-5-9-15/h2-13,19,27H,1H3/b13-12+. The Morgan fingerprint density at radius 3 is 2.34 bits per heavy atom. The Labute approximate surface area is 171 Å². The zero-order valence-corrected chi connectivity index (χ0v) is 16.3. The molecule has 1 unspecified atom stereocenters. The number of ketones is 1. The van der Waals surface area contributed by atoms with Gasteiger partial charge < -0.3 is 5.11 Å². The molecule has 2 aromatic carbocycles. The summed E-state index contributed by atoms with van der Waals surface area (Å²) >= 11 is 1.23. The lowest BCUT2D eigenvalue weighted by molar-refractivity contribution is -0.117. The molecule has 0 fully saturated rings. The predicted molar refractivity (Wildman–Crippen MR) is 111 cm³/mol. The van der Waals surface area contributed by atoms with Crippen LogP contribution < -0.4 is 4.90 Å². The van der Waals surface area contributed by atoms with Crippen molar-refractivity contribution in [3.8, 4) is 0 Å². The molecule has 6 nitrogen and oxygen atoms in total. The lowest BCUT2D eigenvalue weighted by Gasteiger charge is -2.23. The molecule has 0 bridgehead atoms. The van der Waals surface area contributed by atoms with Crippen molar-refractivity contribution in [3.05, 3.63) is 94.2 Å². The van der Waals surface area contributed by atoms with Crippen LogP contribution in [0.1, 0.15) is 22.2 Å². The highest BCUT2D eigenvalue weighted by molar-refractivity contribution is 7.15. The molecule has 0 spiro atoms. The number of anilines is 1. The number of hydrogen-bond acceptors (Lipinski definition) is 6. The highest BCUT2D eigenvalue weighted by Crippen LogP contribution is 2.41. The number of aryl methyl sites for hydroxylation is 1. The number of benzene rings is 2. The zero-order valence-electron chi connectivity index (χ0n) is 15.5. The van der Waals surface area contributed by atoms with Gasteiger partial charge in [-0.2, -0.15) is 0 Å². The van der Waals surface area contributed by atoms with Crippen LogP contribution in [0, 0.1) is 6.92 Å². The third-order valence-corrected chi connectivity index (χ3v) is 5.38. The van der Waals surface area contributed by atoms with Gasteiger partial charge in [-0.15, -0.1) is 10.2 Å². The van der Waals surface area contributed by atoms with E-state index in [1.165, 1.54) is 22.3 Å². The van der Waals surface area contributed by atoms with Crippen molar-refractivity contribution in [1.82, 2.24) is 10.2 Å². The lowest BCUT2D eigenvalue weighted by atomic mass is 9.96. The SMILES string of the molecule is Cc1nnc(N2C(=O)C(O)=C(C(=O)/C=C/c3ccccc3)C2c2ccccc2)s1. The van der Waals surface area contributed by atoms with Crippen LogP contribution in [0.15, 0.2) is 78.1 Å². The fourth-order valence-electron chi connectivity index (χ4n) is 3.21. The molecule has 1 aliphatic heterocycles. The predicted octanol–water partition coefficient (Wildman–Crippen LogP) is 4.03. The van der Waals surface area contributed by atoms with Crippen LogP contribution in [0.25, 0.3) is 6.08 Å². The molecule has 1 atom stereocenters. The van der Waals surface area contributed by atoms with Crippen molar-refractivity contribution in [3.63, 3.8) is 0 Å². The van der Waals surface area contributed by atoms with Gasteiger partial charge in [0.2, 0.25) is 5.13 Å². The van der Waals surface area contributed by atoms with Crippen molar-refractivity contribution in [1.29, 1.82) is 0 Å². The number of rotatable bonds is 5. The molecule has 7 heteroatoms. The minimum absolute atomic E-state index is 0.0289. The maximum absolute atomic E-state index is 13.0. The summed E-state index contributed by atoms with van der Waals surface area (Å²) in [6.45, 7) is 1.78. The summed E-state index contributed by atoms with van der Waals surface area (Å²) in [6.07, 6.45) is 3.03. The number of hydrogen-bond donors (Lipinski definition) is 1. The molecule has 1 aromatic heterocycles. The van der Waals surface area contributed by atoms with Crippen molar-refractivity contribution < 1.29 is 14.7 Å². The van der Waals surface area contributed by atoms with Crippen LogP contribution in [-0.2, 0) is 9.59 Å². The molecule has 29 heavy (non-hydrogen) atoms. The van der Waals surface area contributed by atoms with Crippen LogP contribution in [0.2, 0.25) is 0 Å². The van der Waals surface area contributed by atoms with Gasteiger partial charge in [0.1, 0.15) is 5.01 Å². The molecule has 1 amide bonds. The number of carbonyl (C=O) groups excluding carboxylic acids is 2. The van der Waals surface area contributed by atoms with Gasteiger partial charge in [0.25, 0.3) is 5.91 Å². The van der Waals surface area contributed by atoms with E-state index in [-0.39, 0.29) is 5.57 Å². The van der Waals surface area contributed by atoms with Crippen LogP contribution >= 0.6 is 11.3 Å². The van der Waals surface area contributed by atoms with Crippen LogP contribution in [-0.4, -0.2) is 27.0 Å². The number of nitrogens with zero attached hydrogens (tertiary/aromatic N) is 3. The second kappa shape index (κ2) is 7.81. The summed E-state index contributed by atoms with van der Waals surface area (Å²) in [4.78, 5) is 27.2. The van der Waals surface area contributed by atoms with Crippen LogP contribution in [0.5, 0.6) is 0 Å². The fraction of sp³-hybridized carbons (Fsp3) is 0.0909. The van der Waals surface area contributed by atoms with Gasteiger partial charge in [-0.05, 0) is 24.1 Å². The first-order valence-electron chi connectivity index (χ1n) is 8.95. The average molecular weight is 403 g/mol. The summed E-state index contributed by atoms with van der Waals surface area (Å²) in [5, 5.41) is 19.6. The minimum atomic E-state index is -0.774. The molecule has 0 radical (unpaired) electrons. The maximum Gasteiger partial charge on any atom is 0.296 e. The molecule has 4 rings (SSSR count). The summed E-state index contributed by atoms with van der Waals surface area (Å²) in [6, 6.07) is 17.7. The van der Waals surface area contributed by atoms with E-state index >= 15 is 0 Å². The summed E-state index contributed by atoms with van der Waals surface area (Å²) in [5.41, 5.74) is 1.58. The highest BCUT2D eigenvalue weighted by Gasteiger charge is 2.45. The van der Waals surface area contributed by atoms with Gasteiger partial charge >= 0.3 is 0 Å². The summed E-state index contributed by atoms with van der Waals surface area (Å²) in [5.74, 6) is -1.65. The number of carbonyl (C=O) groups is 2. The normalized spacial score (nSPS) is 16.8. The van der Waals surface area contributed by atoms with Gasteiger partial charge in [0.15, 0.2) is 11.5 Å². The van der Waals surface area contributed by atoms with Crippen molar-refractivity contribution in [2.45, 2.75) is 13.0 Å². The van der Waals surface area contributed by atoms with Gasteiger partial charge in [0, 0.05) is 0 Å². The number of allylic oxidation sites excluding steroid dienone is 1. The Morgan fingerprint density at radius 2 is 1.72 bits per heavy atom. The number of aromatic nitrogens is 2. The largest absolute Gasteiger partial charge is 0.503 e. The van der Waals surface area contributed by atoms with E-state index in [1.807, 2.05) is 60.7 Å². The van der Waals surface area contributed by atoms with Crippen molar-refractivity contribution >= 4 is 34.2 Å². The Hall–Kier alpha value is -3.58. The van der Waals surface area contributed by atoms with Crippen molar-refractivity contribution in [2.75, 3.05) is 4.90 Å². The monoisotopic (exact) mass is 403 g/mol. The van der Waals surface area contributed by atoms with E-state index in [0.717, 1.165) is 5.56 Å². The van der Waals surface area contributed by atoms with Crippen LogP contribution in [0.3, 0.4) is 0 Å². The maximum atomic E-state index is 13.0. The topological polar surface area (TPSA) is 83.4 Å². The zero-order chi connectivity index (χ0) is 20.4. The molecule has 0 aliphatic carbocycles. The Kier molecular flexibility index (Phi) is 5.05. The van der Waals surface area contributed by atoms with E-state index in [9.17, 15) is 14.7 Å². The minimum Gasteiger partial charge on any atom is -0.503 e. The van der Waals surface area contributed by atoms with Crippen LogP contribution in [0.4, 0.5) is 5.13 Å². The third kappa shape index (κ3) is 3.60. The molecular formula is C22H17N3O3S. The second-order valence-electron chi connectivity index (χ2n) is 6.46. The Balaban J connectivity index is 1.77.